The summed E-state index contributed by atoms with van der Waals surface area (Å²) in [5, 5.41) is 2.86. The van der Waals surface area contributed by atoms with Crippen LogP contribution in [0.3, 0.4) is 0 Å². The number of anilines is 1. The van der Waals surface area contributed by atoms with Crippen LogP contribution in [0, 0.1) is 0 Å². The zero-order valence-electron chi connectivity index (χ0n) is 12.0. The molecule has 0 saturated carbocycles. The number of nitrogens with one attached hydrogen (secondary N) is 1. The van der Waals surface area contributed by atoms with E-state index in [2.05, 4.69) is 28.9 Å². The molecule has 0 fully saturated rings. The third kappa shape index (κ3) is 2.85. The second-order valence-corrected chi connectivity index (χ2v) is 5.20. The van der Waals surface area contributed by atoms with E-state index in [0.717, 1.165) is 18.7 Å². The fourth-order valence-electron chi connectivity index (χ4n) is 2.81. The van der Waals surface area contributed by atoms with Crippen molar-refractivity contribution in [3.8, 4) is 0 Å². The number of nitrogens with zero attached hydrogens (tertiary/aromatic N) is 1. The molecular formula is C16H23N3O. The van der Waals surface area contributed by atoms with E-state index in [1.807, 2.05) is 19.1 Å². The number of hydrogen-bond donors (Lipinski definition) is 2. The number of rotatable bonds is 6. The van der Waals surface area contributed by atoms with Crippen LogP contribution >= 0.6 is 0 Å². The number of hydrogen-bond acceptors (Lipinski definition) is 3. The third-order valence-corrected chi connectivity index (χ3v) is 3.89. The molecule has 3 N–H and O–H groups in total. The van der Waals surface area contributed by atoms with Gasteiger partial charge in [-0.05, 0) is 31.5 Å². The lowest BCUT2D eigenvalue weighted by Gasteiger charge is -2.26. The van der Waals surface area contributed by atoms with E-state index in [1.54, 1.807) is 6.08 Å². The number of fused-ring (bicyclic) bond motifs is 1. The van der Waals surface area contributed by atoms with Crippen molar-refractivity contribution in [2.24, 2.45) is 5.73 Å². The van der Waals surface area contributed by atoms with Gasteiger partial charge < -0.3 is 16.0 Å². The fourth-order valence-corrected chi connectivity index (χ4v) is 2.81. The summed E-state index contributed by atoms with van der Waals surface area (Å²) in [5.41, 5.74) is 8.17. The average molecular weight is 273 g/mol. The minimum Gasteiger partial charge on any atom is -0.359 e. The maximum absolute atomic E-state index is 12.1. The number of carbonyl (C=O) groups excluding carboxylic acids is 1. The molecule has 108 valence electrons. The van der Waals surface area contributed by atoms with Gasteiger partial charge in [0.1, 0.15) is 6.04 Å². The fraction of sp³-hybridized carbons (Fsp3) is 0.438. The molecule has 1 aliphatic rings. The van der Waals surface area contributed by atoms with Gasteiger partial charge in [-0.25, -0.2) is 0 Å². The Hall–Kier alpha value is -1.81. The van der Waals surface area contributed by atoms with E-state index >= 15 is 0 Å². The minimum atomic E-state index is -0.182. The first-order valence-electron chi connectivity index (χ1n) is 7.13. The van der Waals surface area contributed by atoms with Crippen molar-refractivity contribution in [1.82, 2.24) is 5.32 Å². The summed E-state index contributed by atoms with van der Waals surface area (Å²) in [4.78, 5) is 14.3. The minimum absolute atomic E-state index is 0.0353. The molecule has 20 heavy (non-hydrogen) atoms. The van der Waals surface area contributed by atoms with Gasteiger partial charge in [0.2, 0.25) is 5.91 Å². The standard InChI is InChI=1S/C16H23N3O/c1-3-10-18-16(20)12(2)19-11-13(8-9-17)14-6-4-5-7-15(14)19/h3-7,12-13H,1,8-11,17H2,2H3,(H,18,20). The summed E-state index contributed by atoms with van der Waals surface area (Å²) >= 11 is 0. The highest BCUT2D eigenvalue weighted by atomic mass is 16.2. The first-order chi connectivity index (χ1) is 9.69. The molecule has 4 heteroatoms. The van der Waals surface area contributed by atoms with Crippen molar-refractivity contribution in [3.63, 3.8) is 0 Å². The van der Waals surface area contributed by atoms with Gasteiger partial charge in [0.25, 0.3) is 0 Å². The molecule has 1 aromatic rings. The van der Waals surface area contributed by atoms with Gasteiger partial charge in [0.05, 0.1) is 0 Å². The Labute approximate surface area is 120 Å². The van der Waals surface area contributed by atoms with Gasteiger partial charge >= 0.3 is 0 Å². The van der Waals surface area contributed by atoms with Crippen LogP contribution in [0.25, 0.3) is 0 Å². The van der Waals surface area contributed by atoms with Crippen molar-refractivity contribution in [1.29, 1.82) is 0 Å². The highest BCUT2D eigenvalue weighted by Gasteiger charge is 2.32. The van der Waals surface area contributed by atoms with E-state index in [9.17, 15) is 4.79 Å². The van der Waals surface area contributed by atoms with Crippen molar-refractivity contribution in [2.75, 3.05) is 24.5 Å². The van der Waals surface area contributed by atoms with Gasteiger partial charge in [-0.1, -0.05) is 24.3 Å². The van der Waals surface area contributed by atoms with Gasteiger partial charge in [-0.3, -0.25) is 4.79 Å². The molecule has 1 amide bonds. The molecule has 0 aliphatic carbocycles. The van der Waals surface area contributed by atoms with E-state index in [-0.39, 0.29) is 11.9 Å². The quantitative estimate of drug-likeness (QED) is 0.775. The topological polar surface area (TPSA) is 58.4 Å². The number of amides is 1. The van der Waals surface area contributed by atoms with E-state index in [4.69, 9.17) is 5.73 Å². The molecular weight excluding hydrogens is 250 g/mol. The SMILES string of the molecule is C=CCNC(=O)C(C)N1CC(CCN)c2ccccc21. The highest BCUT2D eigenvalue weighted by Crippen LogP contribution is 2.38. The molecule has 0 bridgehead atoms. The largest absolute Gasteiger partial charge is 0.359 e. The molecule has 0 aromatic heterocycles. The molecule has 2 atom stereocenters. The van der Waals surface area contributed by atoms with Crippen LogP contribution in [0.5, 0.6) is 0 Å². The normalized spacial score (nSPS) is 18.5. The van der Waals surface area contributed by atoms with Crippen molar-refractivity contribution >= 4 is 11.6 Å². The smallest absolute Gasteiger partial charge is 0.242 e. The summed E-state index contributed by atoms with van der Waals surface area (Å²) in [6, 6.07) is 8.12. The molecule has 2 unspecified atom stereocenters. The van der Waals surface area contributed by atoms with Crippen molar-refractivity contribution < 1.29 is 4.79 Å². The molecule has 0 saturated heterocycles. The van der Waals surface area contributed by atoms with Crippen LogP contribution in [-0.2, 0) is 4.79 Å². The predicted octanol–water partition coefficient (Wildman–Crippen LogP) is 1.63. The predicted molar refractivity (Wildman–Crippen MR) is 82.9 cm³/mol. The molecule has 2 rings (SSSR count). The zero-order chi connectivity index (χ0) is 14.5. The van der Waals surface area contributed by atoms with Gasteiger partial charge in [0.15, 0.2) is 0 Å². The molecule has 1 aromatic carbocycles. The van der Waals surface area contributed by atoms with Crippen LogP contribution in [0.1, 0.15) is 24.8 Å². The second-order valence-electron chi connectivity index (χ2n) is 5.20. The van der Waals surface area contributed by atoms with Gasteiger partial charge in [-0.15, -0.1) is 6.58 Å². The second kappa shape index (κ2) is 6.57. The van der Waals surface area contributed by atoms with Crippen LogP contribution in [0.15, 0.2) is 36.9 Å². The zero-order valence-corrected chi connectivity index (χ0v) is 12.0. The summed E-state index contributed by atoms with van der Waals surface area (Å²) in [7, 11) is 0. The van der Waals surface area contributed by atoms with Crippen LogP contribution in [0.4, 0.5) is 5.69 Å². The average Bonchev–Trinajstić information content (AvgIpc) is 2.83. The molecule has 0 spiro atoms. The lowest BCUT2D eigenvalue weighted by Crippen LogP contribution is -2.45. The summed E-state index contributed by atoms with van der Waals surface area (Å²) in [6.45, 7) is 7.60. The van der Waals surface area contributed by atoms with Gasteiger partial charge in [-0.2, -0.15) is 0 Å². The number of nitrogens with two attached hydrogens (primary N) is 1. The lowest BCUT2D eigenvalue weighted by atomic mass is 9.98. The molecule has 0 radical (unpaired) electrons. The molecule has 4 nitrogen and oxygen atoms in total. The van der Waals surface area contributed by atoms with Crippen molar-refractivity contribution in [3.05, 3.63) is 42.5 Å². The van der Waals surface area contributed by atoms with E-state index in [1.165, 1.54) is 5.56 Å². The van der Waals surface area contributed by atoms with Crippen LogP contribution in [-0.4, -0.2) is 31.6 Å². The maximum atomic E-state index is 12.1. The van der Waals surface area contributed by atoms with Crippen LogP contribution < -0.4 is 16.0 Å². The number of benzene rings is 1. The number of carbonyl (C=O) groups is 1. The molecule has 1 aliphatic heterocycles. The Morgan fingerprint density at radius 3 is 3.05 bits per heavy atom. The summed E-state index contributed by atoms with van der Waals surface area (Å²) in [5.74, 6) is 0.457. The monoisotopic (exact) mass is 273 g/mol. The Kier molecular flexibility index (Phi) is 4.79. The lowest BCUT2D eigenvalue weighted by molar-refractivity contribution is -0.121. The van der Waals surface area contributed by atoms with Crippen molar-refractivity contribution in [2.45, 2.75) is 25.3 Å². The Morgan fingerprint density at radius 2 is 2.35 bits per heavy atom. The Balaban J connectivity index is 2.17. The van der Waals surface area contributed by atoms with E-state index in [0.29, 0.717) is 19.0 Å². The highest BCUT2D eigenvalue weighted by molar-refractivity contribution is 5.86. The maximum Gasteiger partial charge on any atom is 0.242 e. The molecule has 1 heterocycles. The first-order valence-corrected chi connectivity index (χ1v) is 7.13. The van der Waals surface area contributed by atoms with Crippen LogP contribution in [0.2, 0.25) is 0 Å². The van der Waals surface area contributed by atoms with Gasteiger partial charge in [0, 0.05) is 24.7 Å². The Bertz CT molecular complexity index is 486. The Morgan fingerprint density at radius 1 is 1.60 bits per heavy atom. The third-order valence-electron chi connectivity index (χ3n) is 3.89. The number of para-hydroxylation sites is 1. The summed E-state index contributed by atoms with van der Waals surface area (Å²) in [6.07, 6.45) is 2.65. The summed E-state index contributed by atoms with van der Waals surface area (Å²) < 4.78 is 0. The first kappa shape index (κ1) is 14.6. The van der Waals surface area contributed by atoms with E-state index < -0.39 is 0 Å².